The fourth-order valence-corrected chi connectivity index (χ4v) is 2.29. The van der Waals surface area contributed by atoms with Crippen LogP contribution < -0.4 is 0 Å². The van der Waals surface area contributed by atoms with E-state index in [4.69, 9.17) is 9.47 Å². The summed E-state index contributed by atoms with van der Waals surface area (Å²) in [4.78, 5) is 23.1. The van der Waals surface area contributed by atoms with E-state index in [-0.39, 0.29) is 18.8 Å². The highest BCUT2D eigenvalue weighted by atomic mass is 127. The second-order valence-electron chi connectivity index (χ2n) is 4.26. The summed E-state index contributed by atoms with van der Waals surface area (Å²) in [5, 5.41) is 9.61. The summed E-state index contributed by atoms with van der Waals surface area (Å²) in [6, 6.07) is 5.40. The van der Waals surface area contributed by atoms with Crippen LogP contribution >= 0.6 is 45.2 Å². The number of benzene rings is 1. The number of ether oxygens (including phenoxy) is 2. The molecule has 0 amide bonds. The van der Waals surface area contributed by atoms with Crippen LogP contribution in [0.1, 0.15) is 17.3 Å². The number of esters is 2. The van der Waals surface area contributed by atoms with Gasteiger partial charge in [-0.05, 0) is 70.3 Å². The molecule has 0 heterocycles. The van der Waals surface area contributed by atoms with E-state index < -0.39 is 18.0 Å². The van der Waals surface area contributed by atoms with E-state index in [9.17, 15) is 14.7 Å². The third kappa shape index (κ3) is 6.30. The fourth-order valence-electron chi connectivity index (χ4n) is 1.25. The molecule has 0 saturated carbocycles. The monoisotopic (exact) mass is 516 g/mol. The van der Waals surface area contributed by atoms with E-state index in [0.29, 0.717) is 5.56 Å². The Kier molecular flexibility index (Phi) is 7.60. The van der Waals surface area contributed by atoms with Gasteiger partial charge in [0.25, 0.3) is 0 Å². The highest BCUT2D eigenvalue weighted by Gasteiger charge is 2.15. The quantitative estimate of drug-likeness (QED) is 0.358. The van der Waals surface area contributed by atoms with Gasteiger partial charge in [0.2, 0.25) is 0 Å². The van der Waals surface area contributed by atoms with Crippen LogP contribution in [-0.2, 0) is 14.3 Å². The molecule has 114 valence electrons. The highest BCUT2D eigenvalue weighted by Crippen LogP contribution is 2.17. The molecule has 0 bridgehead atoms. The van der Waals surface area contributed by atoms with Gasteiger partial charge in [0.05, 0.1) is 5.56 Å². The van der Waals surface area contributed by atoms with Gasteiger partial charge in [0.15, 0.2) is 0 Å². The molecule has 1 aromatic carbocycles. The zero-order valence-corrected chi connectivity index (χ0v) is 15.6. The minimum atomic E-state index is -1.07. The van der Waals surface area contributed by atoms with Crippen LogP contribution in [0, 0.1) is 7.14 Å². The van der Waals surface area contributed by atoms with Gasteiger partial charge < -0.3 is 14.6 Å². The van der Waals surface area contributed by atoms with Crippen molar-refractivity contribution < 1.29 is 24.2 Å². The van der Waals surface area contributed by atoms with Crippen LogP contribution in [0.4, 0.5) is 0 Å². The normalized spacial score (nSPS) is 11.6. The summed E-state index contributed by atoms with van der Waals surface area (Å²) in [7, 11) is 0. The summed E-state index contributed by atoms with van der Waals surface area (Å²) in [5.41, 5.74) is 0.682. The van der Waals surface area contributed by atoms with Crippen molar-refractivity contribution in [3.63, 3.8) is 0 Å². The van der Waals surface area contributed by atoms with E-state index in [2.05, 4.69) is 29.2 Å². The standard InChI is InChI=1S/C14H14I2O5/c1-8(2)13(18)20-6-10(17)7-21-14(19)11-5-9(15)3-4-12(11)16/h3-5,10,17H,1,6-7H2,2H3. The molecule has 0 spiro atoms. The lowest BCUT2D eigenvalue weighted by molar-refractivity contribution is -0.142. The van der Waals surface area contributed by atoms with Crippen molar-refractivity contribution in [2.45, 2.75) is 13.0 Å². The molecular weight excluding hydrogens is 502 g/mol. The number of aliphatic hydroxyl groups is 1. The van der Waals surface area contributed by atoms with Crippen molar-refractivity contribution in [1.82, 2.24) is 0 Å². The van der Waals surface area contributed by atoms with Crippen LogP contribution in [-0.4, -0.2) is 36.4 Å². The van der Waals surface area contributed by atoms with Crippen molar-refractivity contribution in [1.29, 1.82) is 0 Å². The molecule has 0 aromatic heterocycles. The zero-order chi connectivity index (χ0) is 16.0. The molecule has 1 aromatic rings. The second-order valence-corrected chi connectivity index (χ2v) is 6.66. The number of carbonyl (C=O) groups excluding carboxylic acids is 2. The van der Waals surface area contributed by atoms with Crippen LogP contribution in [0.2, 0.25) is 0 Å². The number of hydrogen-bond acceptors (Lipinski definition) is 5. The summed E-state index contributed by atoms with van der Waals surface area (Å²) in [5.74, 6) is -1.12. The lowest BCUT2D eigenvalue weighted by Gasteiger charge is -2.12. The Morgan fingerprint density at radius 1 is 1.29 bits per heavy atom. The van der Waals surface area contributed by atoms with Gasteiger partial charge in [-0.25, -0.2) is 9.59 Å². The van der Waals surface area contributed by atoms with Gasteiger partial charge >= 0.3 is 11.9 Å². The van der Waals surface area contributed by atoms with E-state index in [1.54, 1.807) is 6.07 Å². The van der Waals surface area contributed by atoms with Crippen LogP contribution in [0.3, 0.4) is 0 Å². The van der Waals surface area contributed by atoms with Crippen molar-refractivity contribution in [2.24, 2.45) is 0 Å². The van der Waals surface area contributed by atoms with Gasteiger partial charge in [-0.15, -0.1) is 0 Å². The topological polar surface area (TPSA) is 72.8 Å². The Morgan fingerprint density at radius 2 is 1.90 bits per heavy atom. The minimum Gasteiger partial charge on any atom is -0.459 e. The maximum absolute atomic E-state index is 11.9. The lowest BCUT2D eigenvalue weighted by Crippen LogP contribution is -2.25. The molecule has 1 unspecified atom stereocenters. The predicted octanol–water partition coefficient (Wildman–Crippen LogP) is 2.53. The first-order valence-electron chi connectivity index (χ1n) is 5.94. The number of hydrogen-bond donors (Lipinski definition) is 1. The first kappa shape index (κ1) is 18.4. The van der Waals surface area contributed by atoms with Gasteiger partial charge in [-0.3, -0.25) is 0 Å². The van der Waals surface area contributed by atoms with Gasteiger partial charge in [-0.2, -0.15) is 0 Å². The number of rotatable bonds is 6. The Morgan fingerprint density at radius 3 is 2.52 bits per heavy atom. The SMILES string of the molecule is C=C(C)C(=O)OCC(O)COC(=O)c1cc(I)ccc1I. The smallest absolute Gasteiger partial charge is 0.339 e. The molecule has 7 heteroatoms. The van der Waals surface area contributed by atoms with E-state index in [0.717, 1.165) is 7.14 Å². The van der Waals surface area contributed by atoms with E-state index in [1.165, 1.54) is 6.92 Å². The third-order valence-electron chi connectivity index (χ3n) is 2.31. The highest BCUT2D eigenvalue weighted by molar-refractivity contribution is 14.1. The molecule has 1 rings (SSSR count). The van der Waals surface area contributed by atoms with Crippen LogP contribution in [0.25, 0.3) is 0 Å². The van der Waals surface area contributed by atoms with Crippen molar-refractivity contribution >= 4 is 57.1 Å². The molecule has 1 N–H and O–H groups in total. The largest absolute Gasteiger partial charge is 0.459 e. The number of carbonyl (C=O) groups is 2. The molecule has 21 heavy (non-hydrogen) atoms. The lowest BCUT2D eigenvalue weighted by atomic mass is 10.2. The Labute approximate surface area is 150 Å². The second kappa shape index (κ2) is 8.69. The number of halogens is 2. The average Bonchev–Trinajstić information content (AvgIpc) is 2.44. The van der Waals surface area contributed by atoms with Gasteiger partial charge in [0, 0.05) is 12.7 Å². The van der Waals surface area contributed by atoms with Crippen molar-refractivity contribution in [3.05, 3.63) is 43.1 Å². The summed E-state index contributed by atoms with van der Waals surface area (Å²) < 4.78 is 11.4. The van der Waals surface area contributed by atoms with Crippen molar-refractivity contribution in [3.8, 4) is 0 Å². The van der Waals surface area contributed by atoms with Gasteiger partial charge in [-0.1, -0.05) is 6.58 Å². The summed E-state index contributed by atoms with van der Waals surface area (Å²) in [6.07, 6.45) is -1.07. The Bertz CT molecular complexity index is 556. The number of aliphatic hydroxyl groups excluding tert-OH is 1. The summed E-state index contributed by atoms with van der Waals surface area (Å²) >= 11 is 4.13. The third-order valence-corrected chi connectivity index (χ3v) is 3.92. The molecule has 0 aliphatic carbocycles. The average molecular weight is 516 g/mol. The molecule has 0 radical (unpaired) electrons. The van der Waals surface area contributed by atoms with Gasteiger partial charge in [0.1, 0.15) is 19.3 Å². The van der Waals surface area contributed by atoms with Crippen molar-refractivity contribution in [2.75, 3.05) is 13.2 Å². The maximum atomic E-state index is 11.9. The van der Waals surface area contributed by atoms with E-state index in [1.807, 2.05) is 34.7 Å². The zero-order valence-electron chi connectivity index (χ0n) is 11.3. The Hall–Kier alpha value is -0.680. The molecule has 0 saturated heterocycles. The minimum absolute atomic E-state index is 0.243. The molecule has 1 atom stereocenters. The molecule has 0 fully saturated rings. The van der Waals surface area contributed by atoms with Crippen LogP contribution in [0.15, 0.2) is 30.4 Å². The maximum Gasteiger partial charge on any atom is 0.339 e. The summed E-state index contributed by atoms with van der Waals surface area (Å²) in [6.45, 7) is 4.44. The Balaban J connectivity index is 2.47. The molecule has 5 nitrogen and oxygen atoms in total. The predicted molar refractivity (Wildman–Crippen MR) is 93.9 cm³/mol. The molecule has 0 aliphatic heterocycles. The van der Waals surface area contributed by atoms with Crippen LogP contribution in [0.5, 0.6) is 0 Å². The van der Waals surface area contributed by atoms with E-state index >= 15 is 0 Å². The fraction of sp³-hybridized carbons (Fsp3) is 0.286. The molecule has 0 aliphatic rings. The molecular formula is C14H14I2O5. The first-order valence-corrected chi connectivity index (χ1v) is 8.10. The first-order chi connectivity index (χ1) is 9.81.